The summed E-state index contributed by atoms with van der Waals surface area (Å²) in [6.07, 6.45) is -0.893. The molecule has 0 fully saturated rings. The predicted molar refractivity (Wildman–Crippen MR) is 64.4 cm³/mol. The minimum atomic E-state index is -4.02. The number of hydrogen-bond donors (Lipinski definition) is 1. The number of nitrogens with zero attached hydrogens (tertiary/aromatic N) is 1. The molecule has 0 amide bonds. The third-order valence-electron chi connectivity index (χ3n) is 3.63. The molecule has 2 N–H and O–H groups in total. The lowest BCUT2D eigenvalue weighted by Crippen LogP contribution is -2.35. The van der Waals surface area contributed by atoms with E-state index < -0.39 is 18.9 Å². The smallest absolute Gasteiger partial charge is 0.324 e. The van der Waals surface area contributed by atoms with Gasteiger partial charge in [-0.25, -0.2) is 8.78 Å². The Morgan fingerprint density at radius 3 is 2.68 bits per heavy atom. The first kappa shape index (κ1) is 14.4. The van der Waals surface area contributed by atoms with Crippen LogP contribution in [0, 0.1) is 5.41 Å². The molecule has 108 valence electrons. The molecule has 1 aromatic heterocycles. The Morgan fingerprint density at radius 1 is 1.47 bits per heavy atom. The molecule has 1 atom stereocenters. The monoisotopic (exact) mass is 278 g/mol. The minimum Gasteiger partial charge on any atom is -0.345 e. The zero-order chi connectivity index (χ0) is 14.4. The molecule has 1 heterocycles. The van der Waals surface area contributed by atoms with Gasteiger partial charge in [0.2, 0.25) is 0 Å². The molecular weight excluding hydrogens is 260 g/mol. The zero-order valence-electron chi connectivity index (χ0n) is 11.0. The zero-order valence-corrected chi connectivity index (χ0v) is 11.0. The van der Waals surface area contributed by atoms with E-state index in [0.717, 1.165) is 12.0 Å². The lowest BCUT2D eigenvalue weighted by Gasteiger charge is -2.35. The summed E-state index contributed by atoms with van der Waals surface area (Å²) < 4.78 is 52.1. The van der Waals surface area contributed by atoms with Crippen molar-refractivity contribution in [3.05, 3.63) is 23.5 Å². The van der Waals surface area contributed by atoms with Crippen LogP contribution in [0.3, 0.4) is 0 Å². The number of rotatable bonds is 3. The summed E-state index contributed by atoms with van der Waals surface area (Å²) in [5, 5.41) is 0. The summed E-state index contributed by atoms with van der Waals surface area (Å²) in [7, 11) is 0. The molecule has 0 bridgehead atoms. The topological polar surface area (TPSA) is 30.9 Å². The van der Waals surface area contributed by atoms with Crippen LogP contribution in [0.15, 0.2) is 12.3 Å². The van der Waals surface area contributed by atoms with E-state index in [1.807, 2.05) is 13.8 Å². The van der Waals surface area contributed by atoms with E-state index in [1.54, 1.807) is 6.07 Å². The molecule has 0 aromatic carbocycles. The largest absolute Gasteiger partial charge is 0.345 e. The van der Waals surface area contributed by atoms with Gasteiger partial charge < -0.3 is 10.3 Å². The Morgan fingerprint density at radius 2 is 2.11 bits per heavy atom. The molecule has 2 rings (SSSR count). The van der Waals surface area contributed by atoms with E-state index >= 15 is 0 Å². The van der Waals surface area contributed by atoms with E-state index in [-0.39, 0.29) is 11.5 Å². The second-order valence-corrected chi connectivity index (χ2v) is 6.06. The molecule has 0 saturated heterocycles. The normalized spacial score (nSPS) is 22.6. The number of alkyl halides is 4. The molecule has 0 aliphatic heterocycles. The summed E-state index contributed by atoms with van der Waals surface area (Å²) >= 11 is 0. The molecule has 6 heteroatoms. The van der Waals surface area contributed by atoms with Crippen LogP contribution in [0.25, 0.3) is 0 Å². The fraction of sp³-hybridized carbons (Fsp3) is 0.692. The maximum Gasteiger partial charge on any atom is 0.324 e. The van der Waals surface area contributed by atoms with E-state index in [0.29, 0.717) is 12.1 Å². The van der Waals surface area contributed by atoms with Crippen LogP contribution in [0.5, 0.6) is 0 Å². The fourth-order valence-corrected chi connectivity index (χ4v) is 2.74. The van der Waals surface area contributed by atoms with E-state index in [1.165, 1.54) is 10.8 Å². The van der Waals surface area contributed by atoms with Crippen molar-refractivity contribution in [3.8, 4) is 0 Å². The van der Waals surface area contributed by atoms with Crippen molar-refractivity contribution in [1.82, 2.24) is 4.57 Å². The maximum absolute atomic E-state index is 13.2. The second-order valence-electron chi connectivity index (χ2n) is 6.06. The van der Waals surface area contributed by atoms with Crippen LogP contribution < -0.4 is 5.73 Å². The van der Waals surface area contributed by atoms with Crippen molar-refractivity contribution in [3.63, 3.8) is 0 Å². The Hall–Kier alpha value is -1.04. The molecule has 1 aromatic rings. The Kier molecular flexibility index (Phi) is 3.41. The first-order chi connectivity index (χ1) is 8.62. The molecule has 1 aliphatic carbocycles. The quantitative estimate of drug-likeness (QED) is 0.844. The fourth-order valence-electron chi connectivity index (χ4n) is 2.74. The summed E-state index contributed by atoms with van der Waals surface area (Å²) in [6, 6.07) is 1.44. The van der Waals surface area contributed by atoms with Crippen molar-refractivity contribution in [2.75, 3.05) is 0 Å². The van der Waals surface area contributed by atoms with Crippen molar-refractivity contribution in [2.24, 2.45) is 11.1 Å². The Bertz CT molecular complexity index is 465. The standard InChI is InChI=1S/C13H18F4N2/c1-12(2)5-9(18)8-3-4-19(10(8)6-12)7-13(16,17)11(14)15/h3-4,9,11H,5-7,18H2,1-2H3. The van der Waals surface area contributed by atoms with Crippen LogP contribution in [0.4, 0.5) is 17.6 Å². The lowest BCUT2D eigenvalue weighted by atomic mass is 9.74. The van der Waals surface area contributed by atoms with E-state index in [9.17, 15) is 17.6 Å². The number of nitrogens with two attached hydrogens (primary N) is 1. The molecule has 1 unspecified atom stereocenters. The molecule has 19 heavy (non-hydrogen) atoms. The van der Waals surface area contributed by atoms with Gasteiger partial charge in [-0.2, -0.15) is 8.78 Å². The van der Waals surface area contributed by atoms with Gasteiger partial charge >= 0.3 is 12.3 Å². The highest BCUT2D eigenvalue weighted by Crippen LogP contribution is 2.40. The number of fused-ring (bicyclic) bond motifs is 1. The van der Waals surface area contributed by atoms with Crippen LogP contribution >= 0.6 is 0 Å². The third-order valence-corrected chi connectivity index (χ3v) is 3.63. The van der Waals surface area contributed by atoms with Crippen molar-refractivity contribution in [2.45, 2.75) is 51.6 Å². The second kappa shape index (κ2) is 4.51. The first-order valence-electron chi connectivity index (χ1n) is 6.22. The van der Waals surface area contributed by atoms with Gasteiger partial charge in [-0.05, 0) is 29.9 Å². The Balaban J connectivity index is 2.31. The average Bonchev–Trinajstić information content (AvgIpc) is 2.59. The van der Waals surface area contributed by atoms with Gasteiger partial charge in [0, 0.05) is 17.9 Å². The SMILES string of the molecule is CC1(C)Cc2c(ccn2CC(F)(F)C(F)F)C(N)C1. The molecule has 0 radical (unpaired) electrons. The highest BCUT2D eigenvalue weighted by atomic mass is 19.3. The van der Waals surface area contributed by atoms with E-state index in [4.69, 9.17) is 5.73 Å². The minimum absolute atomic E-state index is 0.108. The summed E-state index contributed by atoms with van der Waals surface area (Å²) in [5.41, 5.74) is 7.35. The predicted octanol–water partition coefficient (Wildman–Crippen LogP) is 3.36. The van der Waals surface area contributed by atoms with Crippen molar-refractivity contribution >= 4 is 0 Å². The highest BCUT2D eigenvalue weighted by Gasteiger charge is 2.42. The van der Waals surface area contributed by atoms with Gasteiger partial charge in [-0.15, -0.1) is 0 Å². The van der Waals surface area contributed by atoms with Gasteiger partial charge in [0.05, 0.1) is 6.54 Å². The van der Waals surface area contributed by atoms with Gasteiger partial charge in [-0.1, -0.05) is 13.8 Å². The van der Waals surface area contributed by atoms with E-state index in [2.05, 4.69) is 0 Å². The summed E-state index contributed by atoms with van der Waals surface area (Å²) in [5.74, 6) is -4.02. The van der Waals surface area contributed by atoms with Crippen LogP contribution in [0.1, 0.15) is 37.6 Å². The maximum atomic E-state index is 13.2. The number of aromatic nitrogens is 1. The van der Waals surface area contributed by atoms with Gasteiger partial charge in [-0.3, -0.25) is 0 Å². The Labute approximate surface area is 109 Å². The van der Waals surface area contributed by atoms with Gasteiger partial charge in [0.25, 0.3) is 0 Å². The van der Waals surface area contributed by atoms with Gasteiger partial charge in [0.1, 0.15) is 0 Å². The number of hydrogen-bond acceptors (Lipinski definition) is 1. The van der Waals surface area contributed by atoms with Crippen molar-refractivity contribution in [1.29, 1.82) is 0 Å². The number of halogens is 4. The van der Waals surface area contributed by atoms with Crippen LogP contribution in [-0.4, -0.2) is 16.9 Å². The summed E-state index contributed by atoms with van der Waals surface area (Å²) in [4.78, 5) is 0. The molecule has 1 aliphatic rings. The summed E-state index contributed by atoms with van der Waals surface area (Å²) in [6.45, 7) is 3.00. The third kappa shape index (κ3) is 2.78. The molecule has 2 nitrogen and oxygen atoms in total. The van der Waals surface area contributed by atoms with Gasteiger partial charge in [0.15, 0.2) is 0 Å². The molecule has 0 spiro atoms. The molecule has 0 saturated carbocycles. The van der Waals surface area contributed by atoms with Crippen LogP contribution in [-0.2, 0) is 13.0 Å². The average molecular weight is 278 g/mol. The highest BCUT2D eigenvalue weighted by molar-refractivity contribution is 5.30. The van der Waals surface area contributed by atoms with Crippen molar-refractivity contribution < 1.29 is 17.6 Å². The first-order valence-corrected chi connectivity index (χ1v) is 6.22. The lowest BCUT2D eigenvalue weighted by molar-refractivity contribution is -0.138. The van der Waals surface area contributed by atoms with Crippen LogP contribution in [0.2, 0.25) is 0 Å². The molecular formula is C13H18F4N2.